The van der Waals surface area contributed by atoms with Crippen LogP contribution in [0.3, 0.4) is 0 Å². The molecule has 0 bridgehead atoms. The Labute approximate surface area is 104 Å². The van der Waals surface area contributed by atoms with Gasteiger partial charge in [-0.25, -0.2) is 9.97 Å². The second-order valence-corrected chi connectivity index (χ2v) is 3.45. The Balaban J connectivity index is 2.50. The van der Waals surface area contributed by atoms with Crippen molar-refractivity contribution >= 4 is 11.8 Å². The molecule has 1 rings (SSSR count). The van der Waals surface area contributed by atoms with E-state index in [0.29, 0.717) is 19.0 Å². The van der Waals surface area contributed by atoms with E-state index in [-0.39, 0.29) is 12.1 Å². The van der Waals surface area contributed by atoms with Crippen LogP contribution in [-0.4, -0.2) is 40.3 Å². The van der Waals surface area contributed by atoms with Gasteiger partial charge in [0.15, 0.2) is 5.69 Å². The van der Waals surface area contributed by atoms with Crippen molar-refractivity contribution in [3.8, 4) is 6.07 Å². The highest BCUT2D eigenvalue weighted by Gasteiger charge is 2.13. The quantitative estimate of drug-likeness (QED) is 0.730. The molecule has 0 spiro atoms. The van der Waals surface area contributed by atoms with E-state index < -0.39 is 12.1 Å². The smallest absolute Gasteiger partial charge is 0.306 e. The minimum Gasteiger partial charge on any atom is -0.481 e. The van der Waals surface area contributed by atoms with Gasteiger partial charge in [-0.1, -0.05) is 0 Å². The number of carboxylic acids is 1. The molecule has 2 N–H and O–H groups in total. The summed E-state index contributed by atoms with van der Waals surface area (Å²) in [5, 5.41) is 20.2. The molecule has 0 saturated heterocycles. The van der Waals surface area contributed by atoms with Crippen LogP contribution >= 0.6 is 0 Å². The molecule has 1 unspecified atom stereocenters. The molecule has 7 heteroatoms. The van der Waals surface area contributed by atoms with E-state index in [1.54, 1.807) is 6.92 Å². The summed E-state index contributed by atoms with van der Waals surface area (Å²) in [4.78, 5) is 18.4. The highest BCUT2D eigenvalue weighted by molar-refractivity contribution is 5.67. The average Bonchev–Trinajstić information content (AvgIpc) is 2.36. The number of nitrogens with one attached hydrogen (secondary N) is 1. The summed E-state index contributed by atoms with van der Waals surface area (Å²) in [6.45, 7) is 2.57. The summed E-state index contributed by atoms with van der Waals surface area (Å²) in [6.07, 6.45) is 2.26. The maximum absolute atomic E-state index is 10.6. The Kier molecular flexibility index (Phi) is 5.54. The molecular weight excluding hydrogens is 236 g/mol. The lowest BCUT2D eigenvalue weighted by molar-refractivity contribution is -0.139. The van der Waals surface area contributed by atoms with Gasteiger partial charge in [0.1, 0.15) is 11.9 Å². The van der Waals surface area contributed by atoms with Gasteiger partial charge in [0, 0.05) is 13.2 Å². The van der Waals surface area contributed by atoms with E-state index in [2.05, 4.69) is 15.3 Å². The van der Waals surface area contributed by atoms with E-state index in [4.69, 9.17) is 15.1 Å². The molecule has 18 heavy (non-hydrogen) atoms. The summed E-state index contributed by atoms with van der Waals surface area (Å²) in [5.41, 5.74) is 0.229. The molecule has 1 heterocycles. The molecule has 1 atom stereocenters. The lowest BCUT2D eigenvalue weighted by atomic mass is 10.2. The topological polar surface area (TPSA) is 108 Å². The number of anilines is 1. The van der Waals surface area contributed by atoms with Crippen LogP contribution in [-0.2, 0) is 9.53 Å². The van der Waals surface area contributed by atoms with Crippen molar-refractivity contribution in [2.45, 2.75) is 19.4 Å². The highest BCUT2D eigenvalue weighted by Crippen LogP contribution is 2.04. The molecule has 0 aromatic carbocycles. The Morgan fingerprint density at radius 2 is 2.39 bits per heavy atom. The van der Waals surface area contributed by atoms with Gasteiger partial charge in [-0.2, -0.15) is 5.26 Å². The molecule has 1 aromatic heterocycles. The third kappa shape index (κ3) is 4.76. The van der Waals surface area contributed by atoms with Gasteiger partial charge in [-0.3, -0.25) is 4.79 Å². The van der Waals surface area contributed by atoms with Gasteiger partial charge >= 0.3 is 5.97 Å². The van der Waals surface area contributed by atoms with Gasteiger partial charge in [-0.05, 0) is 6.92 Å². The molecule has 96 valence electrons. The molecule has 7 nitrogen and oxygen atoms in total. The van der Waals surface area contributed by atoms with Gasteiger partial charge in [0.05, 0.1) is 24.9 Å². The Hall–Kier alpha value is -2.20. The zero-order chi connectivity index (χ0) is 13.4. The third-order valence-electron chi connectivity index (χ3n) is 2.08. The van der Waals surface area contributed by atoms with Crippen LogP contribution in [0, 0.1) is 11.3 Å². The first-order valence-electron chi connectivity index (χ1n) is 5.45. The van der Waals surface area contributed by atoms with Crippen molar-refractivity contribution in [1.82, 2.24) is 9.97 Å². The van der Waals surface area contributed by atoms with Gasteiger partial charge in [0.2, 0.25) is 0 Å². The monoisotopic (exact) mass is 250 g/mol. The Morgan fingerprint density at radius 1 is 1.61 bits per heavy atom. The number of hydrogen-bond donors (Lipinski definition) is 2. The van der Waals surface area contributed by atoms with E-state index in [0.717, 1.165) is 0 Å². The average molecular weight is 250 g/mol. The zero-order valence-electron chi connectivity index (χ0n) is 9.96. The fraction of sp³-hybridized carbons (Fsp3) is 0.455. The zero-order valence-corrected chi connectivity index (χ0v) is 9.96. The predicted octanol–water partition coefficient (Wildman–Crippen LogP) is 0.640. The summed E-state index contributed by atoms with van der Waals surface area (Å²) in [7, 11) is 0. The standard InChI is InChI=1S/C11H14N4O3/c1-2-18-9(3-11(16)17)6-15-10-7-13-8(4-12)5-14-10/h5,7,9H,2-3,6H2,1H3,(H,14,15)(H,16,17). The van der Waals surface area contributed by atoms with E-state index in [1.165, 1.54) is 12.4 Å². The Morgan fingerprint density at radius 3 is 2.89 bits per heavy atom. The number of rotatable bonds is 7. The van der Waals surface area contributed by atoms with Crippen molar-refractivity contribution < 1.29 is 14.6 Å². The first kappa shape index (κ1) is 13.9. The van der Waals surface area contributed by atoms with Gasteiger partial charge in [-0.15, -0.1) is 0 Å². The number of carbonyl (C=O) groups is 1. The maximum atomic E-state index is 10.6. The molecule has 0 aliphatic heterocycles. The van der Waals surface area contributed by atoms with Crippen molar-refractivity contribution in [3.05, 3.63) is 18.1 Å². The molecule has 0 amide bonds. The highest BCUT2D eigenvalue weighted by atomic mass is 16.5. The molecular formula is C11H14N4O3. The second kappa shape index (κ2) is 7.19. The lowest BCUT2D eigenvalue weighted by Gasteiger charge is -2.15. The molecule has 0 fully saturated rings. The van der Waals surface area contributed by atoms with Crippen molar-refractivity contribution in [3.63, 3.8) is 0 Å². The van der Waals surface area contributed by atoms with Crippen LogP contribution in [0.2, 0.25) is 0 Å². The van der Waals surface area contributed by atoms with Crippen LogP contribution < -0.4 is 5.32 Å². The molecule has 0 aliphatic rings. The van der Waals surface area contributed by atoms with Crippen LogP contribution in [0.15, 0.2) is 12.4 Å². The fourth-order valence-corrected chi connectivity index (χ4v) is 1.32. The van der Waals surface area contributed by atoms with Crippen molar-refractivity contribution in [1.29, 1.82) is 5.26 Å². The van der Waals surface area contributed by atoms with Crippen molar-refractivity contribution in [2.75, 3.05) is 18.5 Å². The second-order valence-electron chi connectivity index (χ2n) is 3.45. The Bertz CT molecular complexity index is 427. The SMILES string of the molecule is CCOC(CNc1cnc(C#N)cn1)CC(=O)O. The number of hydrogen-bond acceptors (Lipinski definition) is 6. The number of aromatic nitrogens is 2. The molecule has 0 aliphatic carbocycles. The van der Waals surface area contributed by atoms with Crippen molar-refractivity contribution in [2.24, 2.45) is 0 Å². The lowest BCUT2D eigenvalue weighted by Crippen LogP contribution is -2.26. The fourth-order valence-electron chi connectivity index (χ4n) is 1.32. The first-order valence-corrected chi connectivity index (χ1v) is 5.45. The number of aliphatic carboxylic acids is 1. The maximum Gasteiger partial charge on any atom is 0.306 e. The summed E-state index contributed by atoms with van der Waals surface area (Å²) >= 11 is 0. The van der Waals surface area contributed by atoms with Crippen LogP contribution in [0.4, 0.5) is 5.82 Å². The van der Waals surface area contributed by atoms with Crippen LogP contribution in [0.25, 0.3) is 0 Å². The number of ether oxygens (including phenoxy) is 1. The summed E-state index contributed by atoms with van der Waals surface area (Å²) in [5.74, 6) is -0.440. The summed E-state index contributed by atoms with van der Waals surface area (Å²) < 4.78 is 5.28. The van der Waals surface area contributed by atoms with Gasteiger partial charge in [0.25, 0.3) is 0 Å². The number of nitriles is 1. The van der Waals surface area contributed by atoms with E-state index in [1.807, 2.05) is 6.07 Å². The minimum absolute atomic E-state index is 0.0788. The predicted molar refractivity (Wildman–Crippen MR) is 62.9 cm³/mol. The normalized spacial score (nSPS) is 11.6. The van der Waals surface area contributed by atoms with E-state index in [9.17, 15) is 4.79 Å². The third-order valence-corrected chi connectivity index (χ3v) is 2.08. The minimum atomic E-state index is -0.916. The molecule has 1 aromatic rings. The number of nitrogens with zero attached hydrogens (tertiary/aromatic N) is 3. The summed E-state index contributed by atoms with van der Waals surface area (Å²) in [6, 6.07) is 1.86. The molecule has 0 radical (unpaired) electrons. The van der Waals surface area contributed by atoms with Crippen LogP contribution in [0.5, 0.6) is 0 Å². The van der Waals surface area contributed by atoms with Crippen LogP contribution in [0.1, 0.15) is 19.0 Å². The first-order chi connectivity index (χ1) is 8.65. The number of carboxylic acid groups (broad SMARTS) is 1. The molecule has 0 saturated carbocycles. The van der Waals surface area contributed by atoms with E-state index >= 15 is 0 Å². The largest absolute Gasteiger partial charge is 0.481 e. The van der Waals surface area contributed by atoms with Gasteiger partial charge < -0.3 is 15.2 Å².